The monoisotopic (exact) mass is 292 g/mol. The van der Waals surface area contributed by atoms with Crippen LogP contribution in [0.1, 0.15) is 44.7 Å². The highest BCUT2D eigenvalue weighted by atomic mass is 32.2. The van der Waals surface area contributed by atoms with Crippen molar-refractivity contribution in [2.45, 2.75) is 49.3 Å². The summed E-state index contributed by atoms with van der Waals surface area (Å²) in [5.41, 5.74) is 7.02. The van der Waals surface area contributed by atoms with Crippen LogP contribution in [0.2, 0.25) is 0 Å². The number of nitrogens with zero attached hydrogens (tertiary/aromatic N) is 1. The fraction of sp³-hybridized carbons (Fsp3) is 0.562. The first-order valence-corrected chi connectivity index (χ1v) is 8.27. The van der Waals surface area contributed by atoms with Crippen LogP contribution in [0.15, 0.2) is 29.2 Å². The molecule has 3 nitrogen and oxygen atoms in total. The molecule has 1 aromatic rings. The van der Waals surface area contributed by atoms with Gasteiger partial charge in [0.05, 0.1) is 5.25 Å². The summed E-state index contributed by atoms with van der Waals surface area (Å²) in [6.45, 7) is 5.82. The van der Waals surface area contributed by atoms with Crippen LogP contribution in [0.4, 0.5) is 0 Å². The van der Waals surface area contributed by atoms with Gasteiger partial charge in [-0.05, 0) is 50.8 Å². The van der Waals surface area contributed by atoms with Crippen molar-refractivity contribution in [3.8, 4) is 0 Å². The van der Waals surface area contributed by atoms with E-state index in [0.717, 1.165) is 36.4 Å². The highest BCUT2D eigenvalue weighted by molar-refractivity contribution is 8.00. The molecule has 2 rings (SSSR count). The number of amides is 1. The zero-order valence-electron chi connectivity index (χ0n) is 12.3. The average molecular weight is 292 g/mol. The third-order valence-corrected chi connectivity index (χ3v) is 4.79. The first-order valence-electron chi connectivity index (χ1n) is 7.39. The molecule has 0 radical (unpaired) electrons. The molecule has 0 aliphatic carbocycles. The quantitative estimate of drug-likeness (QED) is 0.867. The molecule has 2 atom stereocenters. The molecule has 1 amide bonds. The number of hydrogen-bond acceptors (Lipinski definition) is 3. The van der Waals surface area contributed by atoms with Gasteiger partial charge in [-0.2, -0.15) is 0 Å². The number of rotatable bonds is 4. The van der Waals surface area contributed by atoms with E-state index in [2.05, 4.69) is 12.1 Å². The van der Waals surface area contributed by atoms with Crippen molar-refractivity contribution in [3.05, 3.63) is 29.8 Å². The Labute approximate surface area is 125 Å². The van der Waals surface area contributed by atoms with Crippen molar-refractivity contribution in [2.75, 3.05) is 13.1 Å². The summed E-state index contributed by atoms with van der Waals surface area (Å²) in [6, 6.07) is 8.22. The standard InChI is InChI=1S/C16H24N2OS/c1-12(17)14-7-6-8-15(11-14)20-13(2)16(19)18-9-4-3-5-10-18/h6-8,11-13H,3-5,9-10,17H2,1-2H3. The van der Waals surface area contributed by atoms with Gasteiger partial charge >= 0.3 is 0 Å². The number of likely N-dealkylation sites (tertiary alicyclic amines) is 1. The van der Waals surface area contributed by atoms with Crippen LogP contribution in [-0.2, 0) is 4.79 Å². The van der Waals surface area contributed by atoms with Crippen molar-refractivity contribution < 1.29 is 4.79 Å². The van der Waals surface area contributed by atoms with Crippen LogP contribution in [0.5, 0.6) is 0 Å². The minimum Gasteiger partial charge on any atom is -0.342 e. The van der Waals surface area contributed by atoms with Crippen molar-refractivity contribution in [1.82, 2.24) is 4.90 Å². The molecule has 2 N–H and O–H groups in total. The molecule has 0 saturated carbocycles. The highest BCUT2D eigenvalue weighted by Gasteiger charge is 2.22. The van der Waals surface area contributed by atoms with Gasteiger partial charge in [0, 0.05) is 24.0 Å². The fourth-order valence-electron chi connectivity index (χ4n) is 2.50. The Bertz CT molecular complexity index is 456. The van der Waals surface area contributed by atoms with Gasteiger partial charge in [-0.3, -0.25) is 4.79 Å². The van der Waals surface area contributed by atoms with Crippen LogP contribution in [0, 0.1) is 0 Å². The third-order valence-electron chi connectivity index (χ3n) is 3.71. The second-order valence-corrected chi connectivity index (χ2v) is 6.92. The maximum Gasteiger partial charge on any atom is 0.235 e. The van der Waals surface area contributed by atoms with Crippen LogP contribution >= 0.6 is 11.8 Å². The smallest absolute Gasteiger partial charge is 0.235 e. The zero-order valence-corrected chi connectivity index (χ0v) is 13.2. The van der Waals surface area contributed by atoms with Crippen molar-refractivity contribution in [2.24, 2.45) is 5.73 Å². The second kappa shape index (κ2) is 7.14. The molecule has 2 unspecified atom stereocenters. The lowest BCUT2D eigenvalue weighted by Gasteiger charge is -2.29. The first kappa shape index (κ1) is 15.4. The molecule has 0 spiro atoms. The molecule has 1 fully saturated rings. The summed E-state index contributed by atoms with van der Waals surface area (Å²) in [5, 5.41) is -0.0311. The van der Waals surface area contributed by atoms with Crippen LogP contribution in [0.25, 0.3) is 0 Å². The van der Waals surface area contributed by atoms with E-state index in [1.54, 1.807) is 11.8 Å². The van der Waals surface area contributed by atoms with E-state index < -0.39 is 0 Å². The fourth-order valence-corrected chi connectivity index (χ4v) is 3.52. The maximum absolute atomic E-state index is 12.4. The van der Waals surface area contributed by atoms with E-state index >= 15 is 0 Å². The molecule has 1 heterocycles. The topological polar surface area (TPSA) is 46.3 Å². The SMILES string of the molecule is CC(Sc1cccc(C(C)N)c1)C(=O)N1CCCCC1. The minimum absolute atomic E-state index is 0.0311. The second-order valence-electron chi connectivity index (χ2n) is 5.51. The number of benzene rings is 1. The molecule has 1 aromatic carbocycles. The number of hydrogen-bond donors (Lipinski definition) is 1. The van der Waals surface area contributed by atoms with Crippen LogP contribution in [0.3, 0.4) is 0 Å². The normalized spacial score (nSPS) is 18.6. The van der Waals surface area contributed by atoms with Gasteiger partial charge in [0.15, 0.2) is 0 Å². The van der Waals surface area contributed by atoms with E-state index in [0.29, 0.717) is 0 Å². The Morgan fingerprint density at radius 3 is 2.60 bits per heavy atom. The molecule has 4 heteroatoms. The Kier molecular flexibility index (Phi) is 5.49. The Hall–Kier alpha value is -1.00. The van der Waals surface area contributed by atoms with Gasteiger partial charge in [0.1, 0.15) is 0 Å². The van der Waals surface area contributed by atoms with Crippen LogP contribution < -0.4 is 5.73 Å². The van der Waals surface area contributed by atoms with Crippen molar-refractivity contribution in [3.63, 3.8) is 0 Å². The average Bonchev–Trinajstić information content (AvgIpc) is 2.47. The minimum atomic E-state index is -0.0311. The Balaban J connectivity index is 1.97. The van der Waals surface area contributed by atoms with Gasteiger partial charge in [-0.1, -0.05) is 12.1 Å². The lowest BCUT2D eigenvalue weighted by molar-refractivity contribution is -0.131. The number of carbonyl (C=O) groups is 1. The molecule has 1 saturated heterocycles. The van der Waals surface area contributed by atoms with Crippen LogP contribution in [-0.4, -0.2) is 29.1 Å². The number of carbonyl (C=O) groups excluding carboxylic acids is 1. The molecular weight excluding hydrogens is 268 g/mol. The summed E-state index contributed by atoms with van der Waals surface area (Å²) in [4.78, 5) is 15.5. The molecule has 1 aliphatic heterocycles. The summed E-state index contributed by atoms with van der Waals surface area (Å²) < 4.78 is 0. The number of nitrogens with two attached hydrogens (primary N) is 1. The van der Waals surface area contributed by atoms with Gasteiger partial charge in [0.25, 0.3) is 0 Å². The summed E-state index contributed by atoms with van der Waals surface area (Å²) in [5.74, 6) is 0.265. The molecule has 0 bridgehead atoms. The third kappa shape index (κ3) is 4.00. The molecule has 0 aromatic heterocycles. The predicted molar refractivity (Wildman–Crippen MR) is 84.8 cm³/mol. The van der Waals surface area contributed by atoms with E-state index in [1.165, 1.54) is 6.42 Å². The Morgan fingerprint density at radius 2 is 1.95 bits per heavy atom. The highest BCUT2D eigenvalue weighted by Crippen LogP contribution is 2.27. The molecule has 1 aliphatic rings. The van der Waals surface area contributed by atoms with E-state index in [4.69, 9.17) is 5.73 Å². The van der Waals surface area contributed by atoms with Crippen molar-refractivity contribution >= 4 is 17.7 Å². The van der Waals surface area contributed by atoms with Gasteiger partial charge in [-0.15, -0.1) is 11.8 Å². The van der Waals surface area contributed by atoms with Gasteiger partial charge < -0.3 is 10.6 Å². The number of thioether (sulfide) groups is 1. The van der Waals surface area contributed by atoms with Gasteiger partial charge in [-0.25, -0.2) is 0 Å². The first-order chi connectivity index (χ1) is 9.58. The number of piperidine rings is 1. The largest absolute Gasteiger partial charge is 0.342 e. The summed E-state index contributed by atoms with van der Waals surface area (Å²) >= 11 is 1.63. The van der Waals surface area contributed by atoms with E-state index in [-0.39, 0.29) is 17.2 Å². The Morgan fingerprint density at radius 1 is 1.25 bits per heavy atom. The molecular formula is C16H24N2OS. The summed E-state index contributed by atoms with van der Waals surface area (Å²) in [7, 11) is 0. The van der Waals surface area contributed by atoms with Gasteiger partial charge in [0.2, 0.25) is 5.91 Å². The van der Waals surface area contributed by atoms with E-state index in [9.17, 15) is 4.79 Å². The lowest BCUT2D eigenvalue weighted by atomic mass is 10.1. The molecule has 110 valence electrons. The summed E-state index contributed by atoms with van der Waals surface area (Å²) in [6.07, 6.45) is 3.54. The predicted octanol–water partition coefficient (Wildman–Crippen LogP) is 3.20. The molecule has 20 heavy (non-hydrogen) atoms. The maximum atomic E-state index is 12.4. The van der Waals surface area contributed by atoms with E-state index in [1.807, 2.05) is 30.9 Å². The zero-order chi connectivity index (χ0) is 14.5. The lowest BCUT2D eigenvalue weighted by Crippen LogP contribution is -2.40. The van der Waals surface area contributed by atoms with Crippen molar-refractivity contribution in [1.29, 1.82) is 0 Å².